The molecule has 1 aromatic carbocycles. The number of rotatable bonds is 5. The number of hydrogen-bond donors (Lipinski definition) is 2. The average molecular weight is 319 g/mol. The number of nitrogens with one attached hydrogen (secondary N) is 2. The van der Waals surface area contributed by atoms with Crippen LogP contribution in [0.15, 0.2) is 29.6 Å². The maximum absolute atomic E-state index is 13.2. The summed E-state index contributed by atoms with van der Waals surface area (Å²) in [7, 11) is 0. The molecule has 0 bridgehead atoms. The Bertz CT molecular complexity index is 652. The van der Waals surface area contributed by atoms with Gasteiger partial charge >= 0.3 is 0 Å². The molecule has 1 saturated heterocycles. The number of hydrogen-bond acceptors (Lipinski definition) is 4. The number of nitrogens with zero attached hydrogens (tertiary/aromatic N) is 1. The third kappa shape index (κ3) is 3.90. The summed E-state index contributed by atoms with van der Waals surface area (Å²) < 4.78 is 13.2. The molecule has 1 atom stereocenters. The minimum atomic E-state index is -0.291. The molecule has 1 amide bonds. The number of carbonyl (C=O) groups excluding carboxylic acids is 1. The van der Waals surface area contributed by atoms with E-state index >= 15 is 0 Å². The Morgan fingerprint density at radius 1 is 1.50 bits per heavy atom. The predicted octanol–water partition coefficient (Wildman–Crippen LogP) is 3.28. The van der Waals surface area contributed by atoms with Crippen molar-refractivity contribution in [2.75, 3.05) is 18.4 Å². The van der Waals surface area contributed by atoms with E-state index in [0.29, 0.717) is 28.7 Å². The van der Waals surface area contributed by atoms with Crippen molar-refractivity contribution in [1.82, 2.24) is 10.3 Å². The lowest BCUT2D eigenvalue weighted by Gasteiger charge is -2.07. The van der Waals surface area contributed by atoms with Gasteiger partial charge in [-0.05, 0) is 44.0 Å². The Hall–Kier alpha value is -1.79. The van der Waals surface area contributed by atoms with Crippen LogP contribution in [0.4, 0.5) is 9.52 Å². The van der Waals surface area contributed by atoms with Gasteiger partial charge in [0.2, 0.25) is 5.91 Å². The third-order valence-corrected chi connectivity index (χ3v) is 4.57. The fourth-order valence-electron chi connectivity index (χ4n) is 2.59. The fraction of sp³-hybridized carbons (Fsp3) is 0.375. The summed E-state index contributed by atoms with van der Waals surface area (Å²) in [6.45, 7) is 2.06. The molecule has 2 aromatic rings. The normalized spacial score (nSPS) is 17.6. The number of anilines is 1. The smallest absolute Gasteiger partial charge is 0.226 e. The van der Waals surface area contributed by atoms with E-state index in [2.05, 4.69) is 15.6 Å². The second kappa shape index (κ2) is 6.98. The van der Waals surface area contributed by atoms with E-state index in [-0.39, 0.29) is 11.7 Å². The van der Waals surface area contributed by atoms with Gasteiger partial charge in [0.25, 0.3) is 0 Å². The van der Waals surface area contributed by atoms with Gasteiger partial charge in [-0.3, -0.25) is 4.79 Å². The highest BCUT2D eigenvalue weighted by Crippen LogP contribution is 2.25. The van der Waals surface area contributed by atoms with E-state index in [4.69, 9.17) is 0 Å². The zero-order chi connectivity index (χ0) is 15.4. The molecule has 2 N–H and O–H groups in total. The fourth-order valence-corrected chi connectivity index (χ4v) is 3.33. The second-order valence-corrected chi connectivity index (χ2v) is 6.35. The molecular weight excluding hydrogens is 301 g/mol. The van der Waals surface area contributed by atoms with Crippen LogP contribution in [0.25, 0.3) is 11.3 Å². The van der Waals surface area contributed by atoms with Crippen molar-refractivity contribution in [2.24, 2.45) is 5.92 Å². The largest absolute Gasteiger partial charge is 0.316 e. The molecular formula is C16H18FN3OS. The summed E-state index contributed by atoms with van der Waals surface area (Å²) in [5, 5.41) is 8.51. The van der Waals surface area contributed by atoms with Gasteiger partial charge < -0.3 is 10.6 Å². The lowest BCUT2D eigenvalue weighted by Crippen LogP contribution is -2.14. The van der Waals surface area contributed by atoms with E-state index in [1.807, 2.05) is 5.38 Å². The van der Waals surface area contributed by atoms with E-state index in [1.165, 1.54) is 23.5 Å². The quantitative estimate of drug-likeness (QED) is 0.889. The van der Waals surface area contributed by atoms with E-state index in [0.717, 1.165) is 25.9 Å². The third-order valence-electron chi connectivity index (χ3n) is 3.81. The van der Waals surface area contributed by atoms with Gasteiger partial charge in [-0.15, -0.1) is 11.3 Å². The maximum Gasteiger partial charge on any atom is 0.226 e. The summed E-state index contributed by atoms with van der Waals surface area (Å²) in [5.74, 6) is 0.304. The van der Waals surface area contributed by atoms with Crippen molar-refractivity contribution >= 4 is 22.4 Å². The second-order valence-electron chi connectivity index (χ2n) is 5.49. The van der Waals surface area contributed by atoms with Crippen molar-refractivity contribution in [2.45, 2.75) is 19.3 Å². The molecule has 22 heavy (non-hydrogen) atoms. The summed E-state index contributed by atoms with van der Waals surface area (Å²) in [5.41, 5.74) is 1.40. The zero-order valence-electron chi connectivity index (χ0n) is 12.1. The SMILES string of the molecule is O=C(CCC1CCNC1)Nc1nc(-c2cccc(F)c2)cs1. The van der Waals surface area contributed by atoms with Gasteiger partial charge in [0.1, 0.15) is 5.82 Å². The highest BCUT2D eigenvalue weighted by atomic mass is 32.1. The molecule has 116 valence electrons. The van der Waals surface area contributed by atoms with Gasteiger partial charge in [-0.2, -0.15) is 0 Å². The van der Waals surface area contributed by atoms with Gasteiger partial charge in [0, 0.05) is 17.4 Å². The number of aromatic nitrogens is 1. The Morgan fingerprint density at radius 2 is 2.41 bits per heavy atom. The lowest BCUT2D eigenvalue weighted by atomic mass is 10.0. The molecule has 1 aliphatic rings. The van der Waals surface area contributed by atoms with Gasteiger partial charge in [-0.1, -0.05) is 12.1 Å². The van der Waals surface area contributed by atoms with E-state index in [9.17, 15) is 9.18 Å². The lowest BCUT2D eigenvalue weighted by molar-refractivity contribution is -0.116. The number of carbonyl (C=O) groups is 1. The van der Waals surface area contributed by atoms with Crippen LogP contribution in [0, 0.1) is 11.7 Å². The first-order chi connectivity index (χ1) is 10.7. The molecule has 1 aromatic heterocycles. The summed E-state index contributed by atoms with van der Waals surface area (Å²) >= 11 is 1.36. The van der Waals surface area contributed by atoms with Crippen LogP contribution >= 0.6 is 11.3 Å². The van der Waals surface area contributed by atoms with Crippen LogP contribution in [-0.4, -0.2) is 24.0 Å². The highest BCUT2D eigenvalue weighted by Gasteiger charge is 2.16. The topological polar surface area (TPSA) is 54.0 Å². The molecule has 6 heteroatoms. The van der Waals surface area contributed by atoms with Gasteiger partial charge in [0.15, 0.2) is 5.13 Å². The number of benzene rings is 1. The summed E-state index contributed by atoms with van der Waals surface area (Å²) in [6, 6.07) is 6.29. The highest BCUT2D eigenvalue weighted by molar-refractivity contribution is 7.14. The van der Waals surface area contributed by atoms with Crippen LogP contribution in [0.1, 0.15) is 19.3 Å². The Morgan fingerprint density at radius 3 is 3.18 bits per heavy atom. The Labute approximate surface area is 132 Å². The van der Waals surface area contributed by atoms with Crippen LogP contribution < -0.4 is 10.6 Å². The molecule has 0 radical (unpaired) electrons. The van der Waals surface area contributed by atoms with Crippen molar-refractivity contribution in [3.63, 3.8) is 0 Å². The Kier molecular flexibility index (Phi) is 4.80. The van der Waals surface area contributed by atoms with Gasteiger partial charge in [-0.25, -0.2) is 9.37 Å². The molecule has 1 fully saturated rings. The number of thiazole rings is 1. The molecule has 2 heterocycles. The molecule has 0 saturated carbocycles. The molecule has 1 unspecified atom stereocenters. The maximum atomic E-state index is 13.2. The molecule has 4 nitrogen and oxygen atoms in total. The standard InChI is InChI=1S/C16H18FN3OS/c17-13-3-1-2-12(8-13)14-10-22-16(19-14)20-15(21)5-4-11-6-7-18-9-11/h1-3,8,10-11,18H,4-7,9H2,(H,19,20,21). The molecule has 0 spiro atoms. The van der Waals surface area contributed by atoms with Crippen molar-refractivity contribution in [1.29, 1.82) is 0 Å². The van der Waals surface area contributed by atoms with Crippen molar-refractivity contribution in [3.05, 3.63) is 35.5 Å². The van der Waals surface area contributed by atoms with E-state index < -0.39 is 0 Å². The average Bonchev–Trinajstić information content (AvgIpc) is 3.16. The first kappa shape index (κ1) is 15.1. The molecule has 3 rings (SSSR count). The number of amides is 1. The predicted molar refractivity (Wildman–Crippen MR) is 86.3 cm³/mol. The van der Waals surface area contributed by atoms with Crippen LogP contribution in [0.3, 0.4) is 0 Å². The summed E-state index contributed by atoms with van der Waals surface area (Å²) in [4.78, 5) is 16.3. The van der Waals surface area contributed by atoms with Crippen LogP contribution in [0.2, 0.25) is 0 Å². The monoisotopic (exact) mass is 319 g/mol. The zero-order valence-corrected chi connectivity index (χ0v) is 13.0. The minimum absolute atomic E-state index is 0.00737. The Balaban J connectivity index is 1.55. The first-order valence-electron chi connectivity index (χ1n) is 7.43. The molecule has 1 aliphatic heterocycles. The van der Waals surface area contributed by atoms with Crippen molar-refractivity contribution < 1.29 is 9.18 Å². The van der Waals surface area contributed by atoms with Crippen molar-refractivity contribution in [3.8, 4) is 11.3 Å². The number of halogens is 1. The van der Waals surface area contributed by atoms with Gasteiger partial charge in [0.05, 0.1) is 5.69 Å². The minimum Gasteiger partial charge on any atom is -0.316 e. The van der Waals surface area contributed by atoms with Crippen LogP contribution in [0.5, 0.6) is 0 Å². The molecule has 0 aliphatic carbocycles. The van der Waals surface area contributed by atoms with Crippen LogP contribution in [-0.2, 0) is 4.79 Å². The van der Waals surface area contributed by atoms with E-state index in [1.54, 1.807) is 12.1 Å². The summed E-state index contributed by atoms with van der Waals surface area (Å²) in [6.07, 6.45) is 2.57. The first-order valence-corrected chi connectivity index (χ1v) is 8.31.